The number of hydrogen-bond donors (Lipinski definition) is 1. The topological polar surface area (TPSA) is 80.1 Å². The molecule has 0 aromatic carbocycles. The third-order valence-electron chi connectivity index (χ3n) is 6.15. The van der Waals surface area contributed by atoms with Crippen LogP contribution in [0, 0.1) is 5.92 Å². The van der Waals surface area contributed by atoms with Crippen LogP contribution in [0.3, 0.4) is 0 Å². The van der Waals surface area contributed by atoms with Gasteiger partial charge in [0.1, 0.15) is 0 Å². The van der Waals surface area contributed by atoms with E-state index < -0.39 is 0 Å². The maximum atomic E-state index is 12.4. The maximum absolute atomic E-state index is 12.4. The second kappa shape index (κ2) is 8.29. The minimum atomic E-state index is 0.120. The maximum Gasteiger partial charge on any atom is 0.223 e. The van der Waals surface area contributed by atoms with Gasteiger partial charge in [0.15, 0.2) is 5.65 Å². The summed E-state index contributed by atoms with van der Waals surface area (Å²) in [7, 11) is 0. The highest BCUT2D eigenvalue weighted by Gasteiger charge is 2.29. The molecule has 2 aromatic rings. The molecule has 0 unspecified atom stereocenters. The molecule has 1 N–H and O–H groups in total. The molecule has 1 atom stereocenters. The van der Waals surface area contributed by atoms with E-state index >= 15 is 0 Å². The molecule has 28 heavy (non-hydrogen) atoms. The van der Waals surface area contributed by atoms with E-state index in [1.165, 1.54) is 6.42 Å². The predicted octanol–water partition coefficient (Wildman–Crippen LogP) is 2.46. The van der Waals surface area contributed by atoms with Crippen LogP contribution in [0.4, 0.5) is 0 Å². The standard InChI is InChI=1S/C21H29N5O2/c1-15(27)25-12-9-17(14-25)19-18-8-5-10-22-20(18)26(24-19)13-11-23-21(28)16-6-3-2-4-7-16/h5,8,10,16-17H,2-4,6-7,9,11-14H2,1H3,(H,23,28)/t17-/m0/s1. The van der Waals surface area contributed by atoms with Gasteiger partial charge < -0.3 is 10.2 Å². The molecule has 0 spiro atoms. The van der Waals surface area contributed by atoms with E-state index in [9.17, 15) is 9.59 Å². The molecule has 1 aliphatic carbocycles. The number of fused-ring (bicyclic) bond motifs is 1. The minimum Gasteiger partial charge on any atom is -0.354 e. The van der Waals surface area contributed by atoms with Crippen molar-refractivity contribution < 1.29 is 9.59 Å². The molecule has 2 aliphatic rings. The van der Waals surface area contributed by atoms with Crippen LogP contribution >= 0.6 is 0 Å². The summed E-state index contributed by atoms with van der Waals surface area (Å²) in [6.45, 7) is 4.29. The van der Waals surface area contributed by atoms with Gasteiger partial charge >= 0.3 is 0 Å². The van der Waals surface area contributed by atoms with Gasteiger partial charge in [0.25, 0.3) is 0 Å². The summed E-state index contributed by atoms with van der Waals surface area (Å²) >= 11 is 0. The fourth-order valence-corrected chi connectivity index (χ4v) is 4.55. The first-order chi connectivity index (χ1) is 13.6. The van der Waals surface area contributed by atoms with Crippen LogP contribution in [0.1, 0.15) is 57.1 Å². The van der Waals surface area contributed by atoms with Gasteiger partial charge in [-0.1, -0.05) is 19.3 Å². The number of nitrogens with zero attached hydrogens (tertiary/aromatic N) is 4. The number of nitrogens with one attached hydrogen (secondary N) is 1. The summed E-state index contributed by atoms with van der Waals surface area (Å²) in [5.74, 6) is 0.716. The van der Waals surface area contributed by atoms with Crippen LogP contribution in [-0.4, -0.2) is 51.1 Å². The Balaban J connectivity index is 1.44. The second-order valence-electron chi connectivity index (χ2n) is 8.06. The molecule has 1 aliphatic heterocycles. The molecule has 2 amide bonds. The van der Waals surface area contributed by atoms with E-state index in [1.54, 1.807) is 13.1 Å². The molecule has 7 nitrogen and oxygen atoms in total. The van der Waals surface area contributed by atoms with Gasteiger partial charge in [-0.3, -0.25) is 9.59 Å². The zero-order valence-corrected chi connectivity index (χ0v) is 16.6. The van der Waals surface area contributed by atoms with Crippen molar-refractivity contribution in [3.8, 4) is 0 Å². The third kappa shape index (κ3) is 3.88. The molecule has 2 aromatic heterocycles. The Hall–Kier alpha value is -2.44. The van der Waals surface area contributed by atoms with Crippen LogP contribution in [0.5, 0.6) is 0 Å². The van der Waals surface area contributed by atoms with Crippen molar-refractivity contribution in [2.24, 2.45) is 5.92 Å². The van der Waals surface area contributed by atoms with Gasteiger partial charge in [0.2, 0.25) is 11.8 Å². The Bertz CT molecular complexity index is 856. The lowest BCUT2D eigenvalue weighted by atomic mass is 9.89. The normalized spacial score (nSPS) is 20.6. The van der Waals surface area contributed by atoms with Crippen molar-refractivity contribution in [1.29, 1.82) is 0 Å². The lowest BCUT2D eigenvalue weighted by Crippen LogP contribution is -2.34. The molecule has 1 saturated carbocycles. The van der Waals surface area contributed by atoms with Gasteiger partial charge in [-0.2, -0.15) is 5.10 Å². The van der Waals surface area contributed by atoms with Gasteiger partial charge in [-0.15, -0.1) is 0 Å². The number of rotatable bonds is 5. The molecule has 2 fully saturated rings. The van der Waals surface area contributed by atoms with E-state index in [2.05, 4.69) is 16.4 Å². The highest BCUT2D eigenvalue weighted by Crippen LogP contribution is 2.31. The van der Waals surface area contributed by atoms with Crippen LogP contribution in [-0.2, 0) is 16.1 Å². The fourth-order valence-electron chi connectivity index (χ4n) is 4.55. The molecule has 150 valence electrons. The van der Waals surface area contributed by atoms with E-state index in [-0.39, 0.29) is 23.7 Å². The zero-order chi connectivity index (χ0) is 19.5. The van der Waals surface area contributed by atoms with Gasteiger partial charge in [-0.05, 0) is 31.4 Å². The number of pyridine rings is 1. The highest BCUT2D eigenvalue weighted by molar-refractivity contribution is 5.80. The number of amides is 2. The first-order valence-electron chi connectivity index (χ1n) is 10.5. The molecular weight excluding hydrogens is 354 g/mol. The molecular formula is C21H29N5O2. The van der Waals surface area contributed by atoms with Crippen LogP contribution < -0.4 is 5.32 Å². The SMILES string of the molecule is CC(=O)N1CC[C@H](c2nn(CCNC(=O)C3CCCCC3)c3ncccc23)C1. The predicted molar refractivity (Wildman–Crippen MR) is 107 cm³/mol. The second-order valence-corrected chi connectivity index (χ2v) is 8.06. The third-order valence-corrected chi connectivity index (χ3v) is 6.15. The quantitative estimate of drug-likeness (QED) is 0.860. The van der Waals surface area contributed by atoms with Crippen molar-refractivity contribution in [3.05, 3.63) is 24.0 Å². The molecule has 1 saturated heterocycles. The number of likely N-dealkylation sites (tertiary alicyclic amines) is 1. The molecule has 0 radical (unpaired) electrons. The molecule has 3 heterocycles. The monoisotopic (exact) mass is 383 g/mol. The van der Waals surface area contributed by atoms with Crippen molar-refractivity contribution in [2.75, 3.05) is 19.6 Å². The largest absolute Gasteiger partial charge is 0.354 e. The van der Waals surface area contributed by atoms with Crippen molar-refractivity contribution >= 4 is 22.8 Å². The van der Waals surface area contributed by atoms with Crippen LogP contribution in [0.2, 0.25) is 0 Å². The zero-order valence-electron chi connectivity index (χ0n) is 16.6. The van der Waals surface area contributed by atoms with E-state index in [4.69, 9.17) is 5.10 Å². The van der Waals surface area contributed by atoms with Crippen molar-refractivity contribution in [1.82, 2.24) is 25.0 Å². The lowest BCUT2D eigenvalue weighted by molar-refractivity contribution is -0.128. The Morgan fingerprint density at radius 3 is 2.79 bits per heavy atom. The smallest absolute Gasteiger partial charge is 0.223 e. The lowest BCUT2D eigenvalue weighted by Gasteiger charge is -2.20. The summed E-state index contributed by atoms with van der Waals surface area (Å²) < 4.78 is 1.91. The van der Waals surface area contributed by atoms with Crippen molar-refractivity contribution in [3.63, 3.8) is 0 Å². The molecule has 4 rings (SSSR count). The number of carbonyl (C=O) groups excluding carboxylic acids is 2. The summed E-state index contributed by atoms with van der Waals surface area (Å²) in [5.41, 5.74) is 1.87. The van der Waals surface area contributed by atoms with E-state index in [0.29, 0.717) is 13.1 Å². The van der Waals surface area contributed by atoms with Crippen molar-refractivity contribution in [2.45, 2.75) is 57.9 Å². The highest BCUT2D eigenvalue weighted by atomic mass is 16.2. The number of carbonyl (C=O) groups is 2. The van der Waals surface area contributed by atoms with Gasteiger partial charge in [0.05, 0.1) is 12.2 Å². The van der Waals surface area contributed by atoms with Gasteiger partial charge in [-0.25, -0.2) is 9.67 Å². The number of aromatic nitrogens is 3. The van der Waals surface area contributed by atoms with Gasteiger partial charge in [0, 0.05) is 50.0 Å². The Labute approximate surface area is 165 Å². The van der Waals surface area contributed by atoms with Crippen LogP contribution in [0.25, 0.3) is 11.0 Å². The fraction of sp³-hybridized carbons (Fsp3) is 0.619. The average molecular weight is 383 g/mol. The Morgan fingerprint density at radius 2 is 2.04 bits per heavy atom. The van der Waals surface area contributed by atoms with E-state index in [1.807, 2.05) is 15.6 Å². The molecule has 0 bridgehead atoms. The number of hydrogen-bond acceptors (Lipinski definition) is 4. The average Bonchev–Trinajstić information content (AvgIpc) is 3.34. The Kier molecular flexibility index (Phi) is 5.59. The first kappa shape index (κ1) is 18.9. The summed E-state index contributed by atoms with van der Waals surface area (Å²) in [6.07, 6.45) is 8.30. The van der Waals surface area contributed by atoms with E-state index in [0.717, 1.165) is 61.9 Å². The minimum absolute atomic E-state index is 0.120. The first-order valence-corrected chi connectivity index (χ1v) is 10.5. The molecule has 7 heteroatoms. The van der Waals surface area contributed by atoms with Crippen LogP contribution in [0.15, 0.2) is 18.3 Å². The Morgan fingerprint density at radius 1 is 1.21 bits per heavy atom. The summed E-state index contributed by atoms with van der Waals surface area (Å²) in [5, 5.41) is 8.98. The summed E-state index contributed by atoms with van der Waals surface area (Å²) in [4.78, 5) is 30.5. The summed E-state index contributed by atoms with van der Waals surface area (Å²) in [6, 6.07) is 3.98.